The molecule has 0 saturated heterocycles. The van der Waals surface area contributed by atoms with Crippen molar-refractivity contribution in [2.45, 2.75) is 13.3 Å². The molecule has 0 radical (unpaired) electrons. The molecular weight excluding hydrogens is 211 g/mol. The van der Waals surface area contributed by atoms with E-state index in [2.05, 4.69) is 19.7 Å². The summed E-state index contributed by atoms with van der Waals surface area (Å²) >= 11 is 0. The minimum atomic E-state index is -4.73. The molecule has 1 N–H and O–H groups in total. The lowest BCUT2D eigenvalue weighted by atomic mass is 10.4. The van der Waals surface area contributed by atoms with E-state index in [4.69, 9.17) is 0 Å². The maximum atomic E-state index is 11.9. The predicted octanol–water partition coefficient (Wildman–Crippen LogP) is 2.16. The minimum Gasteiger partial charge on any atom is -0.388 e. The van der Waals surface area contributed by atoms with Gasteiger partial charge < -0.3 is 9.72 Å². The molecule has 0 fully saturated rings. The smallest absolute Gasteiger partial charge is 0.388 e. The Bertz CT molecular complexity index is 491. The second kappa shape index (κ2) is 3.11. The molecule has 0 atom stereocenters. The first-order chi connectivity index (χ1) is 6.94. The van der Waals surface area contributed by atoms with Gasteiger partial charge in [0.05, 0.1) is 0 Å². The van der Waals surface area contributed by atoms with Gasteiger partial charge in [0.25, 0.3) is 0 Å². The molecule has 0 spiro atoms. The van der Waals surface area contributed by atoms with Gasteiger partial charge in [-0.25, -0.2) is 4.98 Å². The lowest BCUT2D eigenvalue weighted by Gasteiger charge is -2.06. The van der Waals surface area contributed by atoms with Gasteiger partial charge in [-0.05, 0) is 13.0 Å². The number of aromatic amines is 1. The zero-order valence-electron chi connectivity index (χ0n) is 7.59. The molecule has 0 saturated carbocycles. The van der Waals surface area contributed by atoms with Gasteiger partial charge in [0, 0.05) is 6.07 Å². The molecule has 2 heterocycles. The highest BCUT2D eigenvalue weighted by Crippen LogP contribution is 2.22. The Balaban J connectivity index is 2.38. The molecule has 0 bridgehead atoms. The highest BCUT2D eigenvalue weighted by atomic mass is 19.4. The number of nitrogens with one attached hydrogen (secondary N) is 1. The third-order valence-electron chi connectivity index (χ3n) is 1.66. The largest absolute Gasteiger partial charge is 0.574 e. The minimum absolute atomic E-state index is 0.272. The third-order valence-corrected chi connectivity index (χ3v) is 1.66. The summed E-state index contributed by atoms with van der Waals surface area (Å²) in [4.78, 5) is 10.3. The summed E-state index contributed by atoms with van der Waals surface area (Å²) in [6.45, 7) is 1.69. The van der Waals surface area contributed by atoms with Crippen molar-refractivity contribution in [3.05, 3.63) is 18.0 Å². The Morgan fingerprint density at radius 3 is 2.67 bits per heavy atom. The lowest BCUT2D eigenvalue weighted by Crippen LogP contribution is -2.17. The summed E-state index contributed by atoms with van der Waals surface area (Å²) in [6.07, 6.45) is -4.73. The molecule has 0 aliphatic heterocycles. The van der Waals surface area contributed by atoms with Crippen LogP contribution in [0.2, 0.25) is 0 Å². The first-order valence-corrected chi connectivity index (χ1v) is 4.03. The topological polar surface area (TPSA) is 50.8 Å². The zero-order chi connectivity index (χ0) is 11.1. The standard InChI is InChI=1S/C8H6F3N3O/c1-4-12-5-2-3-6(14-7(5)13-4)15-8(9,10)11/h2-3H,1H3,(H,12,13,14). The molecule has 15 heavy (non-hydrogen) atoms. The van der Waals surface area contributed by atoms with Gasteiger partial charge in [-0.3, -0.25) is 0 Å². The molecular formula is C8H6F3N3O. The fourth-order valence-electron chi connectivity index (χ4n) is 1.17. The normalized spacial score (nSPS) is 12.0. The Hall–Kier alpha value is -1.79. The Kier molecular flexibility index (Phi) is 2.02. The summed E-state index contributed by atoms with van der Waals surface area (Å²) in [5.41, 5.74) is 0.774. The predicted molar refractivity (Wildman–Crippen MR) is 45.3 cm³/mol. The van der Waals surface area contributed by atoms with Crippen LogP contribution in [0.15, 0.2) is 12.1 Å². The molecule has 4 nitrogen and oxygen atoms in total. The van der Waals surface area contributed by atoms with E-state index in [1.165, 1.54) is 6.07 Å². The van der Waals surface area contributed by atoms with Crippen molar-refractivity contribution < 1.29 is 17.9 Å². The fraction of sp³-hybridized carbons (Fsp3) is 0.250. The molecule has 0 unspecified atom stereocenters. The van der Waals surface area contributed by atoms with E-state index in [0.29, 0.717) is 11.3 Å². The first-order valence-electron chi connectivity index (χ1n) is 4.03. The fourth-order valence-corrected chi connectivity index (χ4v) is 1.17. The number of hydrogen-bond acceptors (Lipinski definition) is 3. The van der Waals surface area contributed by atoms with Crippen molar-refractivity contribution in [2.24, 2.45) is 0 Å². The highest BCUT2D eigenvalue weighted by molar-refractivity contribution is 5.71. The summed E-state index contributed by atoms with van der Waals surface area (Å²) in [7, 11) is 0. The first kappa shape index (κ1) is 9.75. The van der Waals surface area contributed by atoms with E-state index in [1.807, 2.05) is 0 Å². The van der Waals surface area contributed by atoms with Crippen LogP contribution in [0.3, 0.4) is 0 Å². The molecule has 0 amide bonds. The van der Waals surface area contributed by atoms with Crippen LogP contribution in [0.1, 0.15) is 5.82 Å². The SMILES string of the molecule is Cc1nc2ccc(OC(F)(F)F)nc2[nH]1. The number of halogens is 3. The average molecular weight is 217 g/mol. The van der Waals surface area contributed by atoms with Gasteiger partial charge in [0.15, 0.2) is 5.65 Å². The van der Waals surface area contributed by atoms with Gasteiger partial charge in [-0.1, -0.05) is 0 Å². The van der Waals surface area contributed by atoms with Crippen LogP contribution >= 0.6 is 0 Å². The highest BCUT2D eigenvalue weighted by Gasteiger charge is 2.31. The van der Waals surface area contributed by atoms with Gasteiger partial charge in [-0.2, -0.15) is 4.98 Å². The number of ether oxygens (including phenoxy) is 1. The van der Waals surface area contributed by atoms with E-state index in [1.54, 1.807) is 6.92 Å². The van der Waals surface area contributed by atoms with Crippen molar-refractivity contribution in [1.82, 2.24) is 15.0 Å². The summed E-state index contributed by atoms with van der Waals surface area (Å²) in [5, 5.41) is 0. The number of hydrogen-bond donors (Lipinski definition) is 1. The van der Waals surface area contributed by atoms with Gasteiger partial charge in [-0.15, -0.1) is 13.2 Å². The maximum Gasteiger partial charge on any atom is 0.574 e. The molecule has 0 aliphatic carbocycles. The van der Waals surface area contributed by atoms with Crippen LogP contribution in [0.5, 0.6) is 5.88 Å². The van der Waals surface area contributed by atoms with Crippen molar-refractivity contribution in [3.8, 4) is 5.88 Å². The second-order valence-electron chi connectivity index (χ2n) is 2.89. The molecule has 0 aromatic carbocycles. The Labute approximate surface area is 82.1 Å². The van der Waals surface area contributed by atoms with E-state index in [-0.39, 0.29) is 5.65 Å². The second-order valence-corrected chi connectivity index (χ2v) is 2.89. The van der Waals surface area contributed by atoms with Crippen LogP contribution < -0.4 is 4.74 Å². The van der Waals surface area contributed by atoms with Gasteiger partial charge in [0.2, 0.25) is 5.88 Å². The summed E-state index contributed by atoms with van der Waals surface area (Å²) in [6, 6.07) is 2.53. The number of imidazole rings is 1. The molecule has 2 rings (SSSR count). The van der Waals surface area contributed by atoms with E-state index >= 15 is 0 Å². The van der Waals surface area contributed by atoms with Crippen LogP contribution in [0.25, 0.3) is 11.2 Å². The number of alkyl halides is 3. The van der Waals surface area contributed by atoms with E-state index < -0.39 is 12.2 Å². The average Bonchev–Trinajstić information content (AvgIpc) is 2.40. The number of H-pyrrole nitrogens is 1. The zero-order valence-corrected chi connectivity index (χ0v) is 7.59. The molecule has 2 aromatic rings. The molecule has 2 aromatic heterocycles. The molecule has 80 valence electrons. The van der Waals surface area contributed by atoms with Gasteiger partial charge in [0.1, 0.15) is 11.3 Å². The van der Waals surface area contributed by atoms with Crippen molar-refractivity contribution in [2.75, 3.05) is 0 Å². The van der Waals surface area contributed by atoms with Gasteiger partial charge >= 0.3 is 6.36 Å². The summed E-state index contributed by atoms with van der Waals surface area (Å²) < 4.78 is 39.2. The van der Waals surface area contributed by atoms with E-state index in [0.717, 1.165) is 6.07 Å². The van der Waals surface area contributed by atoms with Crippen molar-refractivity contribution in [3.63, 3.8) is 0 Å². The number of rotatable bonds is 1. The van der Waals surface area contributed by atoms with Crippen LogP contribution in [-0.2, 0) is 0 Å². The van der Waals surface area contributed by atoms with Crippen LogP contribution in [-0.4, -0.2) is 21.3 Å². The van der Waals surface area contributed by atoms with Crippen molar-refractivity contribution >= 4 is 11.2 Å². The number of pyridine rings is 1. The number of fused-ring (bicyclic) bond motifs is 1. The lowest BCUT2D eigenvalue weighted by molar-refractivity contribution is -0.276. The monoisotopic (exact) mass is 217 g/mol. The van der Waals surface area contributed by atoms with Crippen LogP contribution in [0, 0.1) is 6.92 Å². The Morgan fingerprint density at radius 1 is 1.27 bits per heavy atom. The molecule has 7 heteroatoms. The van der Waals surface area contributed by atoms with E-state index in [9.17, 15) is 13.2 Å². The number of nitrogens with zero attached hydrogens (tertiary/aromatic N) is 2. The third kappa shape index (κ3) is 2.17. The number of aromatic nitrogens is 3. The van der Waals surface area contributed by atoms with Crippen LogP contribution in [0.4, 0.5) is 13.2 Å². The molecule has 0 aliphatic rings. The quantitative estimate of drug-likeness (QED) is 0.796. The Morgan fingerprint density at radius 2 is 2.00 bits per heavy atom. The maximum absolute atomic E-state index is 11.9. The van der Waals surface area contributed by atoms with Crippen molar-refractivity contribution in [1.29, 1.82) is 0 Å². The number of aryl methyl sites for hydroxylation is 1. The summed E-state index contributed by atoms with van der Waals surface area (Å²) in [5.74, 6) is 0.0836.